The van der Waals surface area contributed by atoms with Crippen LogP contribution in [0.3, 0.4) is 0 Å². The first kappa shape index (κ1) is 13.8. The monoisotopic (exact) mass is 281 g/mol. The number of esters is 1. The molecule has 2 atom stereocenters. The molecule has 0 aliphatic carbocycles. The van der Waals surface area contributed by atoms with Gasteiger partial charge in [-0.15, -0.1) is 0 Å². The molecule has 0 radical (unpaired) electrons. The van der Waals surface area contributed by atoms with Gasteiger partial charge in [0.2, 0.25) is 10.0 Å². The summed E-state index contributed by atoms with van der Waals surface area (Å²) >= 11 is 0. The number of sulfonamides is 1. The summed E-state index contributed by atoms with van der Waals surface area (Å²) in [5.74, 6) is -0.486. The van der Waals surface area contributed by atoms with Crippen molar-refractivity contribution in [1.82, 2.24) is 4.31 Å². The van der Waals surface area contributed by atoms with Crippen molar-refractivity contribution >= 4 is 16.0 Å². The fraction of sp³-hybridized carbons (Fsp3) is 0.308. The predicted molar refractivity (Wildman–Crippen MR) is 70.0 cm³/mol. The number of carbonyl (C=O) groups excluding carboxylic acids is 1. The Bertz CT molecular complexity index is 604. The molecule has 1 aliphatic rings. The Balaban J connectivity index is 2.09. The van der Waals surface area contributed by atoms with Gasteiger partial charge in [-0.05, 0) is 19.1 Å². The molecule has 1 aromatic carbocycles. The molecule has 1 aromatic rings. The fourth-order valence-corrected chi connectivity index (χ4v) is 3.20. The standard InChI is InChI=1S/C13H15NO4S/c1-10-3-6-12(7-4-10)19(16,17)14-9-11(14)5-8-13(15)18-2/h3-8,11H,9H2,1-2H3/b8-5-/t11-,14?/m0/s1. The largest absolute Gasteiger partial charge is 0.466 e. The van der Waals surface area contributed by atoms with E-state index in [1.807, 2.05) is 6.92 Å². The van der Waals surface area contributed by atoms with Crippen LogP contribution in [-0.2, 0) is 19.6 Å². The van der Waals surface area contributed by atoms with Crippen LogP contribution >= 0.6 is 0 Å². The number of rotatable bonds is 4. The van der Waals surface area contributed by atoms with Crippen molar-refractivity contribution in [3.63, 3.8) is 0 Å². The molecule has 1 heterocycles. The summed E-state index contributed by atoms with van der Waals surface area (Å²) in [6.07, 6.45) is 2.78. The van der Waals surface area contributed by atoms with E-state index in [0.29, 0.717) is 6.54 Å². The highest BCUT2D eigenvalue weighted by molar-refractivity contribution is 7.89. The zero-order valence-corrected chi connectivity index (χ0v) is 11.6. The van der Waals surface area contributed by atoms with Crippen LogP contribution in [0.1, 0.15) is 5.56 Å². The molecule has 1 fully saturated rings. The first-order valence-electron chi connectivity index (χ1n) is 5.80. The summed E-state index contributed by atoms with van der Waals surface area (Å²) in [6, 6.07) is 6.44. The molecule has 0 bridgehead atoms. The lowest BCUT2D eigenvalue weighted by Crippen LogP contribution is -2.14. The average molecular weight is 281 g/mol. The van der Waals surface area contributed by atoms with E-state index in [1.165, 1.54) is 23.6 Å². The van der Waals surface area contributed by atoms with Crippen LogP contribution in [0, 0.1) is 6.92 Å². The predicted octanol–water partition coefficient (Wildman–Crippen LogP) is 1.10. The first-order valence-corrected chi connectivity index (χ1v) is 7.24. The van der Waals surface area contributed by atoms with E-state index in [1.54, 1.807) is 24.3 Å². The molecular weight excluding hydrogens is 266 g/mol. The van der Waals surface area contributed by atoms with Crippen LogP contribution in [0.4, 0.5) is 0 Å². The quantitative estimate of drug-likeness (QED) is 0.471. The Labute approximate surface area is 112 Å². The van der Waals surface area contributed by atoms with Crippen molar-refractivity contribution in [3.05, 3.63) is 42.0 Å². The summed E-state index contributed by atoms with van der Waals surface area (Å²) in [6.45, 7) is 2.29. The van der Waals surface area contributed by atoms with Crippen molar-refractivity contribution in [1.29, 1.82) is 0 Å². The highest BCUT2D eigenvalue weighted by atomic mass is 32.2. The topological polar surface area (TPSA) is 63.5 Å². The second-order valence-electron chi connectivity index (χ2n) is 4.34. The third-order valence-corrected chi connectivity index (χ3v) is 4.79. The summed E-state index contributed by atoms with van der Waals surface area (Å²) in [7, 11) is -2.18. The number of hydrogen-bond acceptors (Lipinski definition) is 4. The SMILES string of the molecule is COC(=O)/C=C\[C@H]1CN1S(=O)(=O)c1ccc(C)cc1. The van der Waals surface area contributed by atoms with E-state index >= 15 is 0 Å². The summed E-state index contributed by atoms with van der Waals surface area (Å²) in [5.41, 5.74) is 1.01. The highest BCUT2D eigenvalue weighted by Gasteiger charge is 2.42. The zero-order chi connectivity index (χ0) is 14.0. The maximum Gasteiger partial charge on any atom is 0.330 e. The Morgan fingerprint density at radius 1 is 1.37 bits per heavy atom. The second kappa shape index (κ2) is 5.14. The van der Waals surface area contributed by atoms with Crippen molar-refractivity contribution < 1.29 is 17.9 Å². The Morgan fingerprint density at radius 3 is 2.58 bits per heavy atom. The minimum atomic E-state index is -3.46. The third kappa shape index (κ3) is 3.02. The molecule has 1 unspecified atom stereocenters. The lowest BCUT2D eigenvalue weighted by Gasteiger charge is -2.05. The Morgan fingerprint density at radius 2 is 2.00 bits per heavy atom. The minimum Gasteiger partial charge on any atom is -0.466 e. The van der Waals surface area contributed by atoms with Gasteiger partial charge in [0.1, 0.15) is 0 Å². The van der Waals surface area contributed by atoms with Gasteiger partial charge in [-0.1, -0.05) is 23.8 Å². The summed E-state index contributed by atoms with van der Waals surface area (Å²) in [5, 5.41) is 0. The van der Waals surface area contributed by atoms with Gasteiger partial charge >= 0.3 is 5.97 Å². The van der Waals surface area contributed by atoms with Crippen LogP contribution in [0.5, 0.6) is 0 Å². The summed E-state index contributed by atoms with van der Waals surface area (Å²) in [4.78, 5) is 11.2. The van der Waals surface area contributed by atoms with Crippen molar-refractivity contribution in [2.24, 2.45) is 0 Å². The van der Waals surface area contributed by atoms with Gasteiger partial charge in [0.15, 0.2) is 0 Å². The van der Waals surface area contributed by atoms with Crippen molar-refractivity contribution in [3.8, 4) is 0 Å². The molecule has 102 valence electrons. The summed E-state index contributed by atoms with van der Waals surface area (Å²) < 4.78 is 30.2. The average Bonchev–Trinajstić information content (AvgIpc) is 3.16. The molecular formula is C13H15NO4S. The van der Waals surface area contributed by atoms with Gasteiger partial charge in [-0.3, -0.25) is 0 Å². The second-order valence-corrected chi connectivity index (χ2v) is 6.23. The normalized spacial score (nSPS) is 22.4. The third-order valence-electron chi connectivity index (χ3n) is 2.89. The molecule has 0 amide bonds. The maximum atomic E-state index is 12.2. The molecule has 0 N–H and O–H groups in total. The fourth-order valence-electron chi connectivity index (χ4n) is 1.67. The van der Waals surface area contributed by atoms with Gasteiger partial charge in [-0.25, -0.2) is 13.2 Å². The minimum absolute atomic E-state index is 0.259. The lowest BCUT2D eigenvalue weighted by molar-refractivity contribution is -0.134. The van der Waals surface area contributed by atoms with Crippen LogP contribution in [-0.4, -0.2) is 38.4 Å². The van der Waals surface area contributed by atoms with Gasteiger partial charge in [0, 0.05) is 12.6 Å². The van der Waals surface area contributed by atoms with E-state index in [4.69, 9.17) is 0 Å². The van der Waals surface area contributed by atoms with Crippen molar-refractivity contribution in [2.45, 2.75) is 17.9 Å². The number of nitrogens with zero attached hydrogens (tertiary/aromatic N) is 1. The molecule has 0 spiro atoms. The highest BCUT2D eigenvalue weighted by Crippen LogP contribution is 2.29. The van der Waals surface area contributed by atoms with Gasteiger partial charge in [0.25, 0.3) is 0 Å². The molecule has 0 aromatic heterocycles. The maximum absolute atomic E-state index is 12.2. The number of carbonyl (C=O) groups is 1. The van der Waals surface area contributed by atoms with E-state index < -0.39 is 16.0 Å². The van der Waals surface area contributed by atoms with Crippen LogP contribution in [0.25, 0.3) is 0 Å². The van der Waals surface area contributed by atoms with Gasteiger partial charge in [-0.2, -0.15) is 4.31 Å². The van der Waals surface area contributed by atoms with Crippen LogP contribution < -0.4 is 0 Å². The Hall–Kier alpha value is -1.66. The number of methoxy groups -OCH3 is 1. The van der Waals surface area contributed by atoms with E-state index in [2.05, 4.69) is 4.74 Å². The first-order chi connectivity index (χ1) is 8.95. The number of aryl methyl sites for hydroxylation is 1. The molecule has 1 saturated heterocycles. The van der Waals surface area contributed by atoms with E-state index in [0.717, 1.165) is 5.56 Å². The van der Waals surface area contributed by atoms with E-state index in [9.17, 15) is 13.2 Å². The van der Waals surface area contributed by atoms with Gasteiger partial charge < -0.3 is 4.74 Å². The number of benzene rings is 1. The molecule has 0 saturated carbocycles. The molecule has 2 rings (SSSR count). The Kier molecular flexibility index (Phi) is 3.73. The lowest BCUT2D eigenvalue weighted by atomic mass is 10.2. The molecule has 6 heteroatoms. The molecule has 5 nitrogen and oxygen atoms in total. The molecule has 1 aliphatic heterocycles. The smallest absolute Gasteiger partial charge is 0.330 e. The van der Waals surface area contributed by atoms with E-state index in [-0.39, 0.29) is 10.9 Å². The van der Waals surface area contributed by atoms with Crippen LogP contribution in [0.15, 0.2) is 41.3 Å². The number of ether oxygens (including phenoxy) is 1. The van der Waals surface area contributed by atoms with Crippen molar-refractivity contribution in [2.75, 3.05) is 13.7 Å². The zero-order valence-electron chi connectivity index (χ0n) is 10.7. The number of hydrogen-bond donors (Lipinski definition) is 0. The van der Waals surface area contributed by atoms with Gasteiger partial charge in [0.05, 0.1) is 18.0 Å². The molecule has 19 heavy (non-hydrogen) atoms. The van der Waals surface area contributed by atoms with Crippen LogP contribution in [0.2, 0.25) is 0 Å².